The molecule has 19 heavy (non-hydrogen) atoms. The van der Waals surface area contributed by atoms with Gasteiger partial charge >= 0.3 is 0 Å². The van der Waals surface area contributed by atoms with Gasteiger partial charge in [-0.3, -0.25) is 9.69 Å². The second kappa shape index (κ2) is 8.51. The molecule has 0 aliphatic carbocycles. The second-order valence-corrected chi connectivity index (χ2v) is 5.42. The highest BCUT2D eigenvalue weighted by atomic mass is 16.5. The van der Waals surface area contributed by atoms with Crippen LogP contribution in [0.25, 0.3) is 0 Å². The summed E-state index contributed by atoms with van der Waals surface area (Å²) in [6, 6.07) is 0.564. The van der Waals surface area contributed by atoms with E-state index < -0.39 is 0 Å². The first kappa shape index (κ1) is 16.4. The predicted octanol–water partition coefficient (Wildman–Crippen LogP) is 0.683. The first-order valence-electron chi connectivity index (χ1n) is 7.42. The van der Waals surface area contributed by atoms with Gasteiger partial charge in [-0.1, -0.05) is 6.92 Å². The third-order valence-electron chi connectivity index (χ3n) is 3.69. The van der Waals surface area contributed by atoms with E-state index in [9.17, 15) is 4.79 Å². The van der Waals surface area contributed by atoms with Crippen LogP contribution in [-0.2, 0) is 9.53 Å². The summed E-state index contributed by atoms with van der Waals surface area (Å²) in [7, 11) is 0. The number of nitrogens with zero attached hydrogens (tertiary/aromatic N) is 2. The van der Waals surface area contributed by atoms with E-state index in [1.807, 2.05) is 18.7 Å². The zero-order valence-corrected chi connectivity index (χ0v) is 12.6. The van der Waals surface area contributed by atoms with E-state index in [2.05, 4.69) is 11.8 Å². The van der Waals surface area contributed by atoms with Gasteiger partial charge in [0.25, 0.3) is 0 Å². The average Bonchev–Trinajstić information content (AvgIpc) is 2.42. The Morgan fingerprint density at radius 2 is 1.89 bits per heavy atom. The first-order valence-corrected chi connectivity index (χ1v) is 7.42. The number of piperazine rings is 1. The Bertz CT molecular complexity index is 263. The van der Waals surface area contributed by atoms with Gasteiger partial charge in [-0.05, 0) is 33.2 Å². The van der Waals surface area contributed by atoms with Crippen molar-refractivity contribution in [2.45, 2.75) is 45.8 Å². The Morgan fingerprint density at radius 1 is 1.26 bits per heavy atom. The van der Waals surface area contributed by atoms with Gasteiger partial charge in [0.15, 0.2) is 0 Å². The van der Waals surface area contributed by atoms with Crippen molar-refractivity contribution in [3.8, 4) is 0 Å². The van der Waals surface area contributed by atoms with Gasteiger partial charge in [0, 0.05) is 32.2 Å². The molecule has 1 amide bonds. The summed E-state index contributed by atoms with van der Waals surface area (Å²) in [5, 5.41) is 0. The number of carbonyl (C=O) groups excluding carboxylic acids is 1. The molecule has 0 radical (unpaired) electrons. The maximum atomic E-state index is 11.9. The maximum Gasteiger partial charge on any atom is 0.248 e. The van der Waals surface area contributed by atoms with Gasteiger partial charge in [0.2, 0.25) is 5.91 Å². The summed E-state index contributed by atoms with van der Waals surface area (Å²) >= 11 is 0. The van der Waals surface area contributed by atoms with Crippen LogP contribution >= 0.6 is 0 Å². The Labute approximate surface area is 117 Å². The Balaban J connectivity index is 2.33. The van der Waals surface area contributed by atoms with Gasteiger partial charge in [-0.2, -0.15) is 0 Å². The van der Waals surface area contributed by atoms with E-state index in [0.717, 1.165) is 45.6 Å². The molecule has 5 heteroatoms. The molecule has 5 nitrogen and oxygen atoms in total. The lowest BCUT2D eigenvalue weighted by Gasteiger charge is -2.39. The fourth-order valence-corrected chi connectivity index (χ4v) is 2.50. The van der Waals surface area contributed by atoms with Crippen molar-refractivity contribution in [1.29, 1.82) is 0 Å². The lowest BCUT2D eigenvalue weighted by atomic mass is 10.1. The van der Waals surface area contributed by atoms with E-state index in [-0.39, 0.29) is 18.6 Å². The van der Waals surface area contributed by atoms with Gasteiger partial charge < -0.3 is 15.4 Å². The Morgan fingerprint density at radius 3 is 2.37 bits per heavy atom. The molecule has 0 saturated carbocycles. The van der Waals surface area contributed by atoms with Crippen molar-refractivity contribution in [3.63, 3.8) is 0 Å². The van der Waals surface area contributed by atoms with E-state index in [1.165, 1.54) is 0 Å². The van der Waals surface area contributed by atoms with Crippen molar-refractivity contribution in [2.24, 2.45) is 5.73 Å². The van der Waals surface area contributed by atoms with Crippen LogP contribution in [0.15, 0.2) is 0 Å². The van der Waals surface area contributed by atoms with E-state index in [0.29, 0.717) is 6.04 Å². The number of hydrogen-bond acceptors (Lipinski definition) is 4. The molecule has 1 aliphatic heterocycles. The highest BCUT2D eigenvalue weighted by Crippen LogP contribution is 2.12. The Hall–Kier alpha value is -0.650. The molecular formula is C14H29N3O2. The average molecular weight is 271 g/mol. The molecule has 1 heterocycles. The second-order valence-electron chi connectivity index (χ2n) is 5.42. The maximum absolute atomic E-state index is 11.9. The zero-order valence-electron chi connectivity index (χ0n) is 12.6. The van der Waals surface area contributed by atoms with Crippen molar-refractivity contribution in [2.75, 3.05) is 39.3 Å². The molecule has 1 fully saturated rings. The summed E-state index contributed by atoms with van der Waals surface area (Å²) in [6.45, 7) is 10.6. The van der Waals surface area contributed by atoms with Crippen LogP contribution in [0.5, 0.6) is 0 Å². The third-order valence-corrected chi connectivity index (χ3v) is 3.69. The highest BCUT2D eigenvalue weighted by Gasteiger charge is 2.24. The number of carbonyl (C=O) groups is 1. The van der Waals surface area contributed by atoms with Crippen LogP contribution in [0.4, 0.5) is 0 Å². The lowest BCUT2D eigenvalue weighted by Crippen LogP contribution is -2.53. The molecule has 1 saturated heterocycles. The molecule has 0 spiro atoms. The number of nitrogens with two attached hydrogens (primary N) is 1. The highest BCUT2D eigenvalue weighted by molar-refractivity contribution is 5.77. The van der Waals surface area contributed by atoms with Gasteiger partial charge in [0.05, 0.1) is 6.10 Å². The summed E-state index contributed by atoms with van der Waals surface area (Å²) < 4.78 is 5.37. The van der Waals surface area contributed by atoms with E-state index in [1.54, 1.807) is 0 Å². The van der Waals surface area contributed by atoms with Crippen molar-refractivity contribution in [1.82, 2.24) is 9.80 Å². The number of hydrogen-bond donors (Lipinski definition) is 1. The lowest BCUT2D eigenvalue weighted by molar-refractivity contribution is -0.139. The predicted molar refractivity (Wildman–Crippen MR) is 77.0 cm³/mol. The third kappa shape index (κ3) is 5.47. The molecule has 1 unspecified atom stereocenters. The number of rotatable bonds is 7. The largest absolute Gasteiger partial charge is 0.369 e. The molecular weight excluding hydrogens is 242 g/mol. The molecule has 1 atom stereocenters. The molecule has 1 aliphatic rings. The van der Waals surface area contributed by atoms with E-state index in [4.69, 9.17) is 10.5 Å². The molecule has 0 bridgehead atoms. The first-order chi connectivity index (χ1) is 9.08. The smallest absolute Gasteiger partial charge is 0.248 e. The molecule has 2 N–H and O–H groups in total. The van der Waals surface area contributed by atoms with Crippen LogP contribution in [0.1, 0.15) is 33.6 Å². The van der Waals surface area contributed by atoms with Gasteiger partial charge in [0.1, 0.15) is 6.61 Å². The monoisotopic (exact) mass is 271 g/mol. The van der Waals surface area contributed by atoms with Crippen molar-refractivity contribution < 1.29 is 9.53 Å². The van der Waals surface area contributed by atoms with E-state index >= 15 is 0 Å². The molecule has 112 valence electrons. The fourth-order valence-electron chi connectivity index (χ4n) is 2.50. The van der Waals surface area contributed by atoms with Crippen LogP contribution < -0.4 is 5.73 Å². The van der Waals surface area contributed by atoms with Crippen LogP contribution in [0.3, 0.4) is 0 Å². The quantitative estimate of drug-likeness (QED) is 0.740. The van der Waals surface area contributed by atoms with Crippen LogP contribution in [0, 0.1) is 0 Å². The fraction of sp³-hybridized carbons (Fsp3) is 0.929. The summed E-state index contributed by atoms with van der Waals surface area (Å²) in [6.07, 6.45) is 2.28. The molecule has 0 aromatic rings. The molecule has 1 rings (SSSR count). The van der Waals surface area contributed by atoms with Crippen molar-refractivity contribution in [3.05, 3.63) is 0 Å². The normalized spacial score (nSPS) is 18.9. The summed E-state index contributed by atoms with van der Waals surface area (Å²) in [5.41, 5.74) is 5.65. The topological polar surface area (TPSA) is 58.8 Å². The number of ether oxygens (including phenoxy) is 1. The minimum Gasteiger partial charge on any atom is -0.369 e. The van der Waals surface area contributed by atoms with Crippen LogP contribution in [0.2, 0.25) is 0 Å². The van der Waals surface area contributed by atoms with Gasteiger partial charge in [-0.25, -0.2) is 0 Å². The molecule has 0 aromatic carbocycles. The number of amides is 1. The van der Waals surface area contributed by atoms with Gasteiger partial charge in [-0.15, -0.1) is 0 Å². The summed E-state index contributed by atoms with van der Waals surface area (Å²) in [4.78, 5) is 16.3. The summed E-state index contributed by atoms with van der Waals surface area (Å²) in [5.74, 6) is 0.111. The zero-order chi connectivity index (χ0) is 14.3. The standard InChI is InChI=1S/C14H29N3O2/c1-4-13(5-6-15)16-7-9-17(10-8-16)14(18)11-19-12(2)3/h12-13H,4-11,15H2,1-3H3. The minimum absolute atomic E-state index is 0.110. The Kier molecular flexibility index (Phi) is 7.34. The van der Waals surface area contributed by atoms with Crippen molar-refractivity contribution >= 4 is 5.91 Å². The SMILES string of the molecule is CCC(CCN)N1CCN(C(=O)COC(C)C)CC1. The van der Waals surface area contributed by atoms with Crippen LogP contribution in [-0.4, -0.2) is 67.2 Å². The minimum atomic E-state index is 0.110. The molecule has 0 aromatic heterocycles.